The van der Waals surface area contributed by atoms with Gasteiger partial charge in [0.2, 0.25) is 0 Å². The molecule has 0 radical (unpaired) electrons. The van der Waals surface area contributed by atoms with Crippen molar-refractivity contribution in [2.24, 2.45) is 0 Å². The van der Waals surface area contributed by atoms with Gasteiger partial charge in [0.25, 0.3) is 6.47 Å². The number of nitrogens with zero attached hydrogens (tertiary/aromatic N) is 2. The number of halogens is 2. The summed E-state index contributed by atoms with van der Waals surface area (Å²) in [6.07, 6.45) is 4.61. The van der Waals surface area contributed by atoms with Gasteiger partial charge in [0.1, 0.15) is 6.10 Å². The number of rotatable bonds is 5. The van der Waals surface area contributed by atoms with Gasteiger partial charge in [-0.1, -0.05) is 29.3 Å². The smallest absolute Gasteiger partial charge is 0.293 e. The molecule has 4 nitrogen and oxygen atoms in total. The first-order valence-corrected chi connectivity index (χ1v) is 5.96. The molecule has 1 aromatic heterocycles. The minimum atomic E-state index is -0.471. The van der Waals surface area contributed by atoms with Crippen LogP contribution >= 0.6 is 23.2 Å². The van der Waals surface area contributed by atoms with Crippen LogP contribution in [0.15, 0.2) is 36.9 Å². The second kappa shape index (κ2) is 5.89. The van der Waals surface area contributed by atoms with Crippen LogP contribution in [0.1, 0.15) is 11.7 Å². The topological polar surface area (TPSA) is 44.1 Å². The zero-order valence-corrected chi connectivity index (χ0v) is 10.8. The Morgan fingerprint density at radius 1 is 1.44 bits per heavy atom. The number of hydrogen-bond acceptors (Lipinski definition) is 3. The van der Waals surface area contributed by atoms with Crippen LogP contribution in [0.5, 0.6) is 0 Å². The second-order valence-corrected chi connectivity index (χ2v) is 4.49. The molecule has 0 saturated carbocycles. The minimum absolute atomic E-state index is 0.409. The molecule has 1 unspecified atom stereocenters. The number of hydrogen-bond donors (Lipinski definition) is 0. The molecule has 0 saturated heterocycles. The van der Waals surface area contributed by atoms with E-state index in [4.69, 9.17) is 27.9 Å². The second-order valence-electron chi connectivity index (χ2n) is 3.65. The number of imidazole rings is 1. The average molecular weight is 285 g/mol. The van der Waals surface area contributed by atoms with Gasteiger partial charge < -0.3 is 9.30 Å². The van der Waals surface area contributed by atoms with Crippen LogP contribution in [0.3, 0.4) is 0 Å². The Morgan fingerprint density at radius 3 is 2.89 bits per heavy atom. The molecule has 0 bridgehead atoms. The van der Waals surface area contributed by atoms with Crippen LogP contribution in [-0.4, -0.2) is 16.0 Å². The van der Waals surface area contributed by atoms with E-state index < -0.39 is 6.10 Å². The molecule has 2 rings (SSSR count). The van der Waals surface area contributed by atoms with E-state index in [9.17, 15) is 4.79 Å². The summed E-state index contributed by atoms with van der Waals surface area (Å²) in [7, 11) is 0. The third-order valence-electron chi connectivity index (χ3n) is 2.47. The van der Waals surface area contributed by atoms with Gasteiger partial charge >= 0.3 is 0 Å². The standard InChI is InChI=1S/C12H10Cl2N2O2/c13-9-1-2-10(11(14)5-9)12(18-8-17)6-16-4-3-15-7-16/h1-5,7-8,12H,6H2. The fraction of sp³-hybridized carbons (Fsp3) is 0.167. The van der Waals surface area contributed by atoms with Crippen LogP contribution in [0.2, 0.25) is 10.0 Å². The monoisotopic (exact) mass is 284 g/mol. The van der Waals surface area contributed by atoms with Crippen LogP contribution < -0.4 is 0 Å². The van der Waals surface area contributed by atoms with E-state index in [2.05, 4.69) is 4.98 Å². The maximum Gasteiger partial charge on any atom is 0.293 e. The number of carbonyl (C=O) groups is 1. The number of carbonyl (C=O) groups excluding carboxylic acids is 1. The average Bonchev–Trinajstić information content (AvgIpc) is 2.81. The van der Waals surface area contributed by atoms with Crippen molar-refractivity contribution in [2.75, 3.05) is 0 Å². The van der Waals surface area contributed by atoms with Gasteiger partial charge in [-0.15, -0.1) is 0 Å². The van der Waals surface area contributed by atoms with Gasteiger partial charge in [0.15, 0.2) is 0 Å². The Labute approximate surface area is 114 Å². The minimum Gasteiger partial charge on any atom is -0.458 e. The van der Waals surface area contributed by atoms with E-state index in [1.165, 1.54) is 0 Å². The van der Waals surface area contributed by atoms with Crippen molar-refractivity contribution in [3.05, 3.63) is 52.5 Å². The van der Waals surface area contributed by atoms with Crippen molar-refractivity contribution in [3.8, 4) is 0 Å². The molecule has 6 heteroatoms. The lowest BCUT2D eigenvalue weighted by molar-refractivity contribution is -0.134. The summed E-state index contributed by atoms with van der Waals surface area (Å²) in [6.45, 7) is 0.854. The van der Waals surface area contributed by atoms with Crippen molar-refractivity contribution < 1.29 is 9.53 Å². The summed E-state index contributed by atoms with van der Waals surface area (Å²) < 4.78 is 6.87. The summed E-state index contributed by atoms with van der Waals surface area (Å²) >= 11 is 11.9. The lowest BCUT2D eigenvalue weighted by atomic mass is 10.1. The van der Waals surface area contributed by atoms with Crippen molar-refractivity contribution in [2.45, 2.75) is 12.6 Å². The van der Waals surface area contributed by atoms with E-state index >= 15 is 0 Å². The molecule has 0 aliphatic rings. The van der Waals surface area contributed by atoms with E-state index in [1.54, 1.807) is 41.5 Å². The molecule has 1 atom stereocenters. The Hall–Kier alpha value is -1.52. The van der Waals surface area contributed by atoms with Crippen LogP contribution in [0, 0.1) is 0 Å². The summed E-state index contributed by atoms with van der Waals surface area (Å²) in [5.41, 5.74) is 0.710. The SMILES string of the molecule is O=COC(Cn1ccnc1)c1ccc(Cl)cc1Cl. The highest BCUT2D eigenvalue weighted by Gasteiger charge is 2.16. The molecule has 0 amide bonds. The van der Waals surface area contributed by atoms with E-state index in [1.807, 2.05) is 0 Å². The Bertz CT molecular complexity index is 529. The zero-order chi connectivity index (χ0) is 13.0. The Morgan fingerprint density at radius 2 is 2.28 bits per heavy atom. The normalized spacial score (nSPS) is 12.1. The number of ether oxygens (including phenoxy) is 1. The number of aromatic nitrogens is 2. The number of benzene rings is 1. The third kappa shape index (κ3) is 3.03. The quantitative estimate of drug-likeness (QED) is 0.793. The summed E-state index contributed by atoms with van der Waals surface area (Å²) in [6, 6.07) is 5.07. The van der Waals surface area contributed by atoms with E-state index in [0.717, 1.165) is 0 Å². The Kier molecular flexibility index (Phi) is 4.23. The van der Waals surface area contributed by atoms with Gasteiger partial charge in [-0.25, -0.2) is 4.98 Å². The zero-order valence-electron chi connectivity index (χ0n) is 9.29. The fourth-order valence-corrected chi connectivity index (χ4v) is 2.16. The van der Waals surface area contributed by atoms with Crippen molar-refractivity contribution in [3.63, 3.8) is 0 Å². The Balaban J connectivity index is 2.26. The fourth-order valence-electron chi connectivity index (χ4n) is 1.63. The molecule has 0 aliphatic carbocycles. The van der Waals surface area contributed by atoms with Gasteiger partial charge in [-0.2, -0.15) is 0 Å². The first kappa shape index (κ1) is 12.9. The summed E-state index contributed by atoms with van der Waals surface area (Å²) in [4.78, 5) is 14.5. The van der Waals surface area contributed by atoms with Crippen LogP contribution in [0.4, 0.5) is 0 Å². The molecule has 18 heavy (non-hydrogen) atoms. The van der Waals surface area contributed by atoms with E-state index in [-0.39, 0.29) is 0 Å². The maximum absolute atomic E-state index is 10.6. The maximum atomic E-state index is 10.6. The van der Waals surface area contributed by atoms with Crippen molar-refractivity contribution >= 4 is 29.7 Å². The van der Waals surface area contributed by atoms with Gasteiger partial charge in [0, 0.05) is 28.0 Å². The highest BCUT2D eigenvalue weighted by Crippen LogP contribution is 2.29. The lowest BCUT2D eigenvalue weighted by Gasteiger charge is -2.17. The predicted molar refractivity (Wildman–Crippen MR) is 68.6 cm³/mol. The predicted octanol–water partition coefficient (Wildman–Crippen LogP) is 3.10. The lowest BCUT2D eigenvalue weighted by Crippen LogP contribution is -2.11. The van der Waals surface area contributed by atoms with E-state index in [0.29, 0.717) is 28.6 Å². The molecule has 0 spiro atoms. The highest BCUT2D eigenvalue weighted by molar-refractivity contribution is 6.35. The third-order valence-corrected chi connectivity index (χ3v) is 3.03. The summed E-state index contributed by atoms with van der Waals surface area (Å²) in [5, 5.41) is 1.01. The first-order chi connectivity index (χ1) is 8.70. The highest BCUT2D eigenvalue weighted by atomic mass is 35.5. The molecule has 0 aliphatic heterocycles. The molecule has 0 fully saturated rings. The molecule has 1 heterocycles. The van der Waals surface area contributed by atoms with Crippen molar-refractivity contribution in [1.29, 1.82) is 0 Å². The molecule has 2 aromatic rings. The van der Waals surface area contributed by atoms with Crippen molar-refractivity contribution in [1.82, 2.24) is 9.55 Å². The van der Waals surface area contributed by atoms with Gasteiger partial charge in [0.05, 0.1) is 12.9 Å². The first-order valence-electron chi connectivity index (χ1n) is 5.20. The van der Waals surface area contributed by atoms with Gasteiger partial charge in [-0.3, -0.25) is 4.79 Å². The molecule has 0 N–H and O–H groups in total. The molecular formula is C12H10Cl2N2O2. The molecule has 94 valence electrons. The summed E-state index contributed by atoms with van der Waals surface area (Å²) in [5.74, 6) is 0. The largest absolute Gasteiger partial charge is 0.458 e. The molecular weight excluding hydrogens is 275 g/mol. The van der Waals surface area contributed by atoms with Gasteiger partial charge in [-0.05, 0) is 12.1 Å². The molecule has 1 aromatic carbocycles. The van der Waals surface area contributed by atoms with Crippen LogP contribution in [0.25, 0.3) is 0 Å². The van der Waals surface area contributed by atoms with Crippen LogP contribution in [-0.2, 0) is 16.1 Å².